The van der Waals surface area contributed by atoms with E-state index >= 15 is 0 Å². The Morgan fingerprint density at radius 2 is 2.35 bits per heavy atom. The van der Waals surface area contributed by atoms with Crippen LogP contribution in [0.4, 0.5) is 0 Å². The van der Waals surface area contributed by atoms with Crippen molar-refractivity contribution in [2.45, 2.75) is 26.3 Å². The molecule has 0 bridgehead atoms. The van der Waals surface area contributed by atoms with Crippen LogP contribution in [-0.4, -0.2) is 27.0 Å². The molecule has 0 saturated heterocycles. The number of aromatic nitrogens is 2. The van der Waals surface area contributed by atoms with Crippen LogP contribution in [0.25, 0.3) is 0 Å². The minimum Gasteiger partial charge on any atom is -0.393 e. The summed E-state index contributed by atoms with van der Waals surface area (Å²) in [7, 11) is 0. The molecular weight excluding hydrogens is 236 g/mol. The number of imidazole rings is 1. The van der Waals surface area contributed by atoms with E-state index in [2.05, 4.69) is 10.3 Å². The van der Waals surface area contributed by atoms with E-state index in [1.165, 1.54) is 0 Å². The van der Waals surface area contributed by atoms with Gasteiger partial charge in [-0.25, -0.2) is 4.98 Å². The van der Waals surface area contributed by atoms with Gasteiger partial charge in [0.2, 0.25) is 5.91 Å². The number of carbonyl (C=O) groups is 1. The number of carbonyl (C=O) groups excluding carboxylic acids is 1. The largest absolute Gasteiger partial charge is 0.393 e. The maximum Gasteiger partial charge on any atom is 0.229 e. The number of aryl methyl sites for hydroxylation is 1. The smallest absolute Gasteiger partial charge is 0.229 e. The third-order valence-corrected chi connectivity index (χ3v) is 2.88. The highest BCUT2D eigenvalue weighted by molar-refractivity contribution is 7.80. The van der Waals surface area contributed by atoms with Gasteiger partial charge < -0.3 is 15.6 Å². The summed E-state index contributed by atoms with van der Waals surface area (Å²) in [6.45, 7) is 3.28. The van der Waals surface area contributed by atoms with Crippen LogP contribution >= 0.6 is 12.2 Å². The average Bonchev–Trinajstić information content (AvgIpc) is 2.80. The summed E-state index contributed by atoms with van der Waals surface area (Å²) in [6, 6.07) is 0. The molecule has 0 aliphatic carbocycles. The number of nitrogens with two attached hydrogens (primary N) is 1. The van der Waals surface area contributed by atoms with Gasteiger partial charge in [0.25, 0.3) is 0 Å². The minimum atomic E-state index is -0.390. The molecule has 0 spiro atoms. The highest BCUT2D eigenvalue weighted by Gasteiger charge is 2.14. The van der Waals surface area contributed by atoms with Gasteiger partial charge >= 0.3 is 0 Å². The molecule has 1 amide bonds. The summed E-state index contributed by atoms with van der Waals surface area (Å²) in [6.07, 6.45) is 7.39. The lowest BCUT2D eigenvalue weighted by Gasteiger charge is -2.10. The van der Waals surface area contributed by atoms with Crippen molar-refractivity contribution < 1.29 is 4.79 Å². The van der Waals surface area contributed by atoms with Gasteiger partial charge in [-0.3, -0.25) is 4.79 Å². The first-order valence-electron chi connectivity index (χ1n) is 5.64. The monoisotopic (exact) mass is 254 g/mol. The third-order valence-electron chi connectivity index (χ3n) is 2.52. The van der Waals surface area contributed by atoms with Crippen molar-refractivity contribution in [2.24, 2.45) is 11.7 Å². The Morgan fingerprint density at radius 1 is 1.59 bits per heavy atom. The van der Waals surface area contributed by atoms with E-state index in [0.717, 1.165) is 19.4 Å². The van der Waals surface area contributed by atoms with Crippen molar-refractivity contribution in [2.75, 3.05) is 6.54 Å². The number of unbranched alkanes of at least 4 members (excludes halogenated alkanes) is 1. The summed E-state index contributed by atoms with van der Waals surface area (Å²) in [5.74, 6) is -0.487. The van der Waals surface area contributed by atoms with Gasteiger partial charge in [0.05, 0.1) is 17.2 Å². The molecular formula is C11H18N4OS. The molecule has 1 rings (SSSR count). The van der Waals surface area contributed by atoms with Crippen LogP contribution in [0.15, 0.2) is 18.7 Å². The van der Waals surface area contributed by atoms with Gasteiger partial charge in [-0.15, -0.1) is 0 Å². The number of rotatable bonds is 7. The van der Waals surface area contributed by atoms with E-state index in [1.807, 2.05) is 10.8 Å². The highest BCUT2D eigenvalue weighted by Crippen LogP contribution is 1.97. The third kappa shape index (κ3) is 4.95. The van der Waals surface area contributed by atoms with E-state index in [-0.39, 0.29) is 10.9 Å². The summed E-state index contributed by atoms with van der Waals surface area (Å²) in [5, 5.41) is 2.81. The Kier molecular flexibility index (Phi) is 5.62. The van der Waals surface area contributed by atoms with E-state index < -0.39 is 5.92 Å². The molecule has 0 aliphatic heterocycles. The molecule has 6 heteroatoms. The molecule has 0 saturated carbocycles. The number of nitrogens with zero attached hydrogens (tertiary/aromatic N) is 2. The lowest BCUT2D eigenvalue weighted by molar-refractivity contribution is -0.122. The van der Waals surface area contributed by atoms with Crippen LogP contribution in [0.3, 0.4) is 0 Å². The first kappa shape index (κ1) is 13.6. The second-order valence-electron chi connectivity index (χ2n) is 3.92. The second kappa shape index (κ2) is 7.01. The molecule has 0 aliphatic rings. The Hall–Kier alpha value is -1.43. The molecule has 94 valence electrons. The fourth-order valence-electron chi connectivity index (χ4n) is 1.33. The Bertz CT molecular complexity index is 364. The average molecular weight is 254 g/mol. The van der Waals surface area contributed by atoms with Gasteiger partial charge in [-0.2, -0.15) is 0 Å². The lowest BCUT2D eigenvalue weighted by atomic mass is 10.1. The van der Waals surface area contributed by atoms with Gasteiger partial charge in [-0.05, 0) is 19.8 Å². The fraction of sp³-hybridized carbons (Fsp3) is 0.545. The normalized spacial score (nSPS) is 12.1. The number of hydrogen-bond acceptors (Lipinski definition) is 3. The van der Waals surface area contributed by atoms with Crippen LogP contribution in [0.5, 0.6) is 0 Å². The van der Waals surface area contributed by atoms with Crippen LogP contribution < -0.4 is 11.1 Å². The van der Waals surface area contributed by atoms with Gasteiger partial charge in [0, 0.05) is 25.5 Å². The number of thiocarbonyl (C=S) groups is 1. The van der Waals surface area contributed by atoms with Crippen LogP contribution in [-0.2, 0) is 11.3 Å². The zero-order valence-electron chi connectivity index (χ0n) is 9.93. The van der Waals surface area contributed by atoms with Crippen LogP contribution in [0.1, 0.15) is 19.8 Å². The van der Waals surface area contributed by atoms with Crippen molar-refractivity contribution in [3.05, 3.63) is 18.7 Å². The molecule has 1 aromatic rings. The van der Waals surface area contributed by atoms with Crippen molar-refractivity contribution in [1.82, 2.24) is 14.9 Å². The SMILES string of the molecule is CC(C(=O)NCCCCn1ccnc1)C(N)=S. The fourth-order valence-corrected chi connectivity index (χ4v) is 1.44. The first-order valence-corrected chi connectivity index (χ1v) is 6.05. The number of nitrogens with one attached hydrogen (secondary N) is 1. The zero-order chi connectivity index (χ0) is 12.7. The quantitative estimate of drug-likeness (QED) is 0.555. The van der Waals surface area contributed by atoms with Crippen molar-refractivity contribution in [3.8, 4) is 0 Å². The van der Waals surface area contributed by atoms with Crippen molar-refractivity contribution in [3.63, 3.8) is 0 Å². The zero-order valence-corrected chi connectivity index (χ0v) is 10.7. The van der Waals surface area contributed by atoms with Gasteiger partial charge in [0.1, 0.15) is 0 Å². The van der Waals surface area contributed by atoms with Crippen molar-refractivity contribution >= 4 is 23.1 Å². The Balaban J connectivity index is 2.08. The number of hydrogen-bond donors (Lipinski definition) is 2. The molecule has 1 atom stereocenters. The maximum absolute atomic E-state index is 11.5. The lowest BCUT2D eigenvalue weighted by Crippen LogP contribution is -2.36. The number of amides is 1. The molecule has 17 heavy (non-hydrogen) atoms. The highest BCUT2D eigenvalue weighted by atomic mass is 32.1. The molecule has 1 unspecified atom stereocenters. The van der Waals surface area contributed by atoms with Gasteiger partial charge in [-0.1, -0.05) is 12.2 Å². The molecule has 3 N–H and O–H groups in total. The Morgan fingerprint density at radius 3 is 2.94 bits per heavy atom. The molecule has 0 radical (unpaired) electrons. The van der Waals surface area contributed by atoms with Gasteiger partial charge in [0.15, 0.2) is 0 Å². The summed E-state index contributed by atoms with van der Waals surface area (Å²) >= 11 is 4.76. The predicted octanol–water partition coefficient (Wildman–Crippen LogP) is 0.702. The van der Waals surface area contributed by atoms with E-state index in [9.17, 15) is 4.79 Å². The summed E-state index contributed by atoms with van der Waals surface area (Å²) in [5.41, 5.74) is 5.39. The predicted molar refractivity (Wildman–Crippen MR) is 70.4 cm³/mol. The maximum atomic E-state index is 11.5. The van der Waals surface area contributed by atoms with Crippen LogP contribution in [0, 0.1) is 5.92 Å². The van der Waals surface area contributed by atoms with E-state index in [1.54, 1.807) is 19.4 Å². The minimum absolute atomic E-state index is 0.0971. The summed E-state index contributed by atoms with van der Waals surface area (Å²) in [4.78, 5) is 15.7. The second-order valence-corrected chi connectivity index (χ2v) is 4.39. The molecule has 1 heterocycles. The first-order chi connectivity index (χ1) is 8.11. The Labute approximate surface area is 106 Å². The van der Waals surface area contributed by atoms with Crippen molar-refractivity contribution in [1.29, 1.82) is 0 Å². The topological polar surface area (TPSA) is 72.9 Å². The molecule has 0 fully saturated rings. The van der Waals surface area contributed by atoms with Crippen LogP contribution in [0.2, 0.25) is 0 Å². The molecule has 0 aromatic carbocycles. The van der Waals surface area contributed by atoms with E-state index in [4.69, 9.17) is 18.0 Å². The summed E-state index contributed by atoms with van der Waals surface area (Å²) < 4.78 is 2.01. The standard InChI is InChI=1S/C11H18N4OS/c1-9(10(12)17)11(16)14-4-2-3-6-15-7-5-13-8-15/h5,7-9H,2-4,6H2,1H3,(H2,12,17)(H,14,16). The molecule has 1 aromatic heterocycles. The molecule has 5 nitrogen and oxygen atoms in total. The van der Waals surface area contributed by atoms with E-state index in [0.29, 0.717) is 6.54 Å².